The van der Waals surface area contributed by atoms with Crippen molar-refractivity contribution in [2.75, 3.05) is 18.2 Å². The highest BCUT2D eigenvalue weighted by atomic mass is 32.2. The quantitative estimate of drug-likeness (QED) is 0.835. The summed E-state index contributed by atoms with van der Waals surface area (Å²) in [6.07, 6.45) is 1.98. The molecule has 2 aromatic carbocycles. The van der Waals surface area contributed by atoms with Crippen molar-refractivity contribution < 1.29 is 17.9 Å². The molecule has 0 bridgehead atoms. The van der Waals surface area contributed by atoms with Gasteiger partial charge < -0.3 is 10.1 Å². The molecule has 0 aliphatic heterocycles. The van der Waals surface area contributed by atoms with Crippen LogP contribution in [-0.2, 0) is 21.1 Å². The SMILES string of the molecule is CCCOc1ccccc1NC(=O)Cc1ccccc1S(C)(=O)=O. The van der Waals surface area contributed by atoms with E-state index in [9.17, 15) is 13.2 Å². The Labute approximate surface area is 142 Å². The van der Waals surface area contributed by atoms with Crippen molar-refractivity contribution in [3.63, 3.8) is 0 Å². The maximum atomic E-state index is 12.3. The normalized spacial score (nSPS) is 11.1. The maximum absolute atomic E-state index is 12.3. The Hall–Kier alpha value is -2.34. The average Bonchev–Trinajstić information content (AvgIpc) is 2.53. The fourth-order valence-corrected chi connectivity index (χ4v) is 3.23. The molecule has 0 aliphatic carbocycles. The Morgan fingerprint density at radius 1 is 1.08 bits per heavy atom. The van der Waals surface area contributed by atoms with Crippen LogP contribution >= 0.6 is 0 Å². The fraction of sp³-hybridized carbons (Fsp3) is 0.278. The summed E-state index contributed by atoms with van der Waals surface area (Å²) in [6, 6.07) is 13.7. The lowest BCUT2D eigenvalue weighted by Gasteiger charge is -2.12. The van der Waals surface area contributed by atoms with Crippen LogP contribution in [-0.4, -0.2) is 27.2 Å². The van der Waals surface area contributed by atoms with Crippen molar-refractivity contribution in [2.24, 2.45) is 0 Å². The second-order valence-corrected chi connectivity index (χ2v) is 7.43. The predicted molar refractivity (Wildman–Crippen MR) is 94.1 cm³/mol. The molecular formula is C18H21NO4S. The van der Waals surface area contributed by atoms with E-state index in [1.54, 1.807) is 36.4 Å². The highest BCUT2D eigenvalue weighted by molar-refractivity contribution is 7.90. The fourth-order valence-electron chi connectivity index (χ4n) is 2.29. The van der Waals surface area contributed by atoms with Crippen LogP contribution < -0.4 is 10.1 Å². The van der Waals surface area contributed by atoms with Crippen molar-refractivity contribution in [3.05, 3.63) is 54.1 Å². The molecule has 24 heavy (non-hydrogen) atoms. The molecule has 5 nitrogen and oxygen atoms in total. The van der Waals surface area contributed by atoms with E-state index in [0.717, 1.165) is 12.7 Å². The van der Waals surface area contributed by atoms with Crippen LogP contribution in [0.2, 0.25) is 0 Å². The molecule has 128 valence electrons. The number of anilines is 1. The smallest absolute Gasteiger partial charge is 0.228 e. The zero-order valence-corrected chi connectivity index (χ0v) is 14.6. The molecule has 0 saturated carbocycles. The van der Waals surface area contributed by atoms with E-state index in [0.29, 0.717) is 23.6 Å². The molecule has 0 heterocycles. The highest BCUT2D eigenvalue weighted by Gasteiger charge is 2.16. The van der Waals surface area contributed by atoms with E-state index in [1.807, 2.05) is 13.0 Å². The molecular weight excluding hydrogens is 326 g/mol. The number of benzene rings is 2. The molecule has 0 fully saturated rings. The first kappa shape index (κ1) is 18.0. The van der Waals surface area contributed by atoms with E-state index < -0.39 is 9.84 Å². The molecule has 0 atom stereocenters. The minimum atomic E-state index is -3.38. The van der Waals surface area contributed by atoms with Gasteiger partial charge in [-0.2, -0.15) is 0 Å². The molecule has 0 aliphatic rings. The minimum absolute atomic E-state index is 0.0225. The number of hydrogen-bond acceptors (Lipinski definition) is 4. The molecule has 1 amide bonds. The standard InChI is InChI=1S/C18H21NO4S/c1-3-12-23-16-10-6-5-9-15(16)19-18(20)13-14-8-4-7-11-17(14)24(2,21)22/h4-11H,3,12-13H2,1-2H3,(H,19,20). The molecule has 0 aromatic heterocycles. The summed E-state index contributed by atoms with van der Waals surface area (Å²) < 4.78 is 29.2. The first-order valence-electron chi connectivity index (χ1n) is 7.71. The predicted octanol–water partition coefficient (Wildman–Crippen LogP) is 3.06. The number of sulfone groups is 1. The van der Waals surface area contributed by atoms with Gasteiger partial charge in [0.2, 0.25) is 5.91 Å². The van der Waals surface area contributed by atoms with Gasteiger partial charge in [0.05, 0.1) is 23.6 Å². The van der Waals surface area contributed by atoms with Crippen molar-refractivity contribution in [1.82, 2.24) is 0 Å². The van der Waals surface area contributed by atoms with Gasteiger partial charge in [-0.1, -0.05) is 37.3 Å². The van der Waals surface area contributed by atoms with Crippen molar-refractivity contribution in [2.45, 2.75) is 24.7 Å². The average molecular weight is 347 g/mol. The van der Waals surface area contributed by atoms with Crippen LogP contribution in [0, 0.1) is 0 Å². The van der Waals surface area contributed by atoms with E-state index in [-0.39, 0.29) is 17.2 Å². The molecule has 2 rings (SSSR count). The molecule has 0 radical (unpaired) electrons. The Kier molecular flexibility index (Phi) is 5.98. The van der Waals surface area contributed by atoms with Crippen LogP contribution in [0.4, 0.5) is 5.69 Å². The zero-order chi connectivity index (χ0) is 17.6. The van der Waals surface area contributed by atoms with Gasteiger partial charge in [0.1, 0.15) is 5.75 Å². The highest BCUT2D eigenvalue weighted by Crippen LogP contribution is 2.24. The van der Waals surface area contributed by atoms with Gasteiger partial charge in [0.25, 0.3) is 0 Å². The van der Waals surface area contributed by atoms with Gasteiger partial charge in [-0.05, 0) is 30.2 Å². The molecule has 0 unspecified atom stereocenters. The van der Waals surface area contributed by atoms with Crippen LogP contribution in [0.1, 0.15) is 18.9 Å². The van der Waals surface area contributed by atoms with E-state index in [4.69, 9.17) is 4.74 Å². The third-order valence-electron chi connectivity index (χ3n) is 3.35. The third kappa shape index (κ3) is 4.83. The van der Waals surface area contributed by atoms with Crippen LogP contribution in [0.15, 0.2) is 53.4 Å². The second-order valence-electron chi connectivity index (χ2n) is 5.45. The molecule has 0 saturated heterocycles. The number of carbonyl (C=O) groups is 1. The Morgan fingerprint density at radius 3 is 2.46 bits per heavy atom. The van der Waals surface area contributed by atoms with E-state index in [2.05, 4.69) is 5.32 Å². The number of nitrogens with one attached hydrogen (secondary N) is 1. The summed E-state index contributed by atoms with van der Waals surface area (Å²) in [4.78, 5) is 12.5. The van der Waals surface area contributed by atoms with Gasteiger partial charge in [0, 0.05) is 6.26 Å². The largest absolute Gasteiger partial charge is 0.491 e. The molecule has 2 aromatic rings. The van der Waals surface area contributed by atoms with Gasteiger partial charge in [0.15, 0.2) is 9.84 Å². The van der Waals surface area contributed by atoms with Gasteiger partial charge in [-0.25, -0.2) is 8.42 Å². The summed E-state index contributed by atoms with van der Waals surface area (Å²) in [7, 11) is -3.38. The Morgan fingerprint density at radius 2 is 1.75 bits per heavy atom. The van der Waals surface area contributed by atoms with Gasteiger partial charge in [-0.3, -0.25) is 4.79 Å². The second kappa shape index (κ2) is 7.97. The number of carbonyl (C=O) groups excluding carboxylic acids is 1. The molecule has 1 N–H and O–H groups in total. The minimum Gasteiger partial charge on any atom is -0.491 e. The van der Waals surface area contributed by atoms with E-state index >= 15 is 0 Å². The number of ether oxygens (including phenoxy) is 1. The first-order chi connectivity index (χ1) is 11.4. The third-order valence-corrected chi connectivity index (χ3v) is 4.54. The lowest BCUT2D eigenvalue weighted by atomic mass is 10.1. The van der Waals surface area contributed by atoms with Crippen molar-refractivity contribution >= 4 is 21.4 Å². The summed E-state index contributed by atoms with van der Waals surface area (Å²) in [6.45, 7) is 2.56. The number of para-hydroxylation sites is 2. The van der Waals surface area contributed by atoms with Crippen LogP contribution in [0.5, 0.6) is 5.75 Å². The Balaban J connectivity index is 2.16. The summed E-state index contributed by atoms with van der Waals surface area (Å²) in [5.41, 5.74) is 1.05. The zero-order valence-electron chi connectivity index (χ0n) is 13.8. The summed E-state index contributed by atoms with van der Waals surface area (Å²) >= 11 is 0. The van der Waals surface area contributed by atoms with Crippen LogP contribution in [0.25, 0.3) is 0 Å². The number of rotatable bonds is 7. The van der Waals surface area contributed by atoms with Gasteiger partial charge in [-0.15, -0.1) is 0 Å². The Bertz CT molecular complexity index is 815. The first-order valence-corrected chi connectivity index (χ1v) is 9.60. The van der Waals surface area contributed by atoms with Gasteiger partial charge >= 0.3 is 0 Å². The topological polar surface area (TPSA) is 72.5 Å². The van der Waals surface area contributed by atoms with Crippen molar-refractivity contribution in [3.8, 4) is 5.75 Å². The summed E-state index contributed by atoms with van der Waals surface area (Å²) in [5, 5.41) is 2.79. The summed E-state index contributed by atoms with van der Waals surface area (Å²) in [5.74, 6) is 0.308. The molecule has 6 heteroatoms. The lowest BCUT2D eigenvalue weighted by Crippen LogP contribution is -2.17. The number of hydrogen-bond donors (Lipinski definition) is 1. The van der Waals surface area contributed by atoms with Crippen LogP contribution in [0.3, 0.4) is 0 Å². The monoisotopic (exact) mass is 347 g/mol. The lowest BCUT2D eigenvalue weighted by molar-refractivity contribution is -0.115. The maximum Gasteiger partial charge on any atom is 0.228 e. The van der Waals surface area contributed by atoms with Crippen molar-refractivity contribution in [1.29, 1.82) is 0 Å². The van der Waals surface area contributed by atoms with E-state index in [1.165, 1.54) is 6.07 Å². The number of amides is 1. The molecule has 0 spiro atoms.